The Kier molecular flexibility index (Phi) is 8.66. The van der Waals surface area contributed by atoms with Crippen LogP contribution in [0.25, 0.3) is 6.08 Å². The van der Waals surface area contributed by atoms with Crippen LogP contribution in [0.4, 0.5) is 11.4 Å². The van der Waals surface area contributed by atoms with Gasteiger partial charge in [0.2, 0.25) is 0 Å². The molecule has 0 fully saturated rings. The van der Waals surface area contributed by atoms with Crippen molar-refractivity contribution < 1.29 is 27.1 Å². The molecule has 3 aromatic rings. The number of nitro benzene ring substituents is 1. The number of carbonyl (C=O) groups is 1. The van der Waals surface area contributed by atoms with Crippen molar-refractivity contribution in [2.45, 2.75) is 4.90 Å². The topological polar surface area (TPSA) is 149 Å². The summed E-state index contributed by atoms with van der Waals surface area (Å²) in [5, 5.41) is 23.0. The lowest BCUT2D eigenvalue weighted by atomic mass is 10.1. The minimum absolute atomic E-state index is 0.00331. The largest absolute Gasteiger partial charge is 0.493 e. The van der Waals surface area contributed by atoms with Crippen LogP contribution in [0.2, 0.25) is 0 Å². The Morgan fingerprint density at radius 1 is 1.19 bits per heavy atom. The van der Waals surface area contributed by atoms with Crippen molar-refractivity contribution in [2.75, 3.05) is 12.4 Å². The van der Waals surface area contributed by atoms with Gasteiger partial charge in [-0.2, -0.15) is 13.7 Å². The van der Waals surface area contributed by atoms with Crippen molar-refractivity contribution in [3.8, 4) is 17.6 Å². The summed E-state index contributed by atoms with van der Waals surface area (Å²) in [5.41, 5.74) is 0.401. The summed E-state index contributed by atoms with van der Waals surface area (Å²) in [6.07, 6.45) is 1.31. The molecular formula is C23H15BrIN3O7S. The van der Waals surface area contributed by atoms with E-state index in [0.717, 1.165) is 27.8 Å². The molecule has 0 aromatic heterocycles. The molecule has 0 saturated heterocycles. The molecule has 1 amide bonds. The van der Waals surface area contributed by atoms with Gasteiger partial charge in [0.15, 0.2) is 11.5 Å². The van der Waals surface area contributed by atoms with E-state index in [1.54, 1.807) is 18.2 Å². The quantitative estimate of drug-likeness (QED) is 0.0842. The average molecular weight is 684 g/mol. The number of methoxy groups -OCH3 is 1. The van der Waals surface area contributed by atoms with Crippen LogP contribution >= 0.6 is 38.5 Å². The first-order valence-corrected chi connectivity index (χ1v) is 13.1. The van der Waals surface area contributed by atoms with Gasteiger partial charge in [-0.05, 0) is 92.6 Å². The third-order valence-corrected chi connectivity index (χ3v) is 7.04. The Hall–Kier alpha value is -3.48. The first-order chi connectivity index (χ1) is 17.0. The number of non-ortho nitro benzene ring substituents is 1. The Morgan fingerprint density at radius 2 is 1.89 bits per heavy atom. The average Bonchev–Trinajstić information content (AvgIpc) is 2.83. The van der Waals surface area contributed by atoms with Crippen molar-refractivity contribution in [3.63, 3.8) is 0 Å². The molecule has 36 heavy (non-hydrogen) atoms. The minimum Gasteiger partial charge on any atom is -0.493 e. The molecule has 1 N–H and O–H groups in total. The molecule has 0 aliphatic rings. The number of halogens is 2. The van der Waals surface area contributed by atoms with Crippen LogP contribution in [-0.4, -0.2) is 26.4 Å². The molecule has 3 aromatic carbocycles. The van der Waals surface area contributed by atoms with Crippen LogP contribution in [0.15, 0.2) is 75.6 Å². The van der Waals surface area contributed by atoms with E-state index in [0.29, 0.717) is 11.3 Å². The lowest BCUT2D eigenvalue weighted by Crippen LogP contribution is -2.13. The van der Waals surface area contributed by atoms with Gasteiger partial charge in [-0.25, -0.2) is 0 Å². The van der Waals surface area contributed by atoms with E-state index >= 15 is 0 Å². The highest BCUT2D eigenvalue weighted by atomic mass is 127. The third kappa shape index (κ3) is 6.59. The predicted octanol–water partition coefficient (Wildman–Crippen LogP) is 5.28. The van der Waals surface area contributed by atoms with Gasteiger partial charge < -0.3 is 14.2 Å². The Balaban J connectivity index is 1.90. The second-order valence-electron chi connectivity index (χ2n) is 6.96. The molecule has 0 heterocycles. The highest BCUT2D eigenvalue weighted by Gasteiger charge is 2.23. The number of carbonyl (C=O) groups excluding carboxylic acids is 1. The fourth-order valence-corrected chi connectivity index (χ4v) is 5.02. The third-order valence-electron chi connectivity index (χ3n) is 4.54. The van der Waals surface area contributed by atoms with Gasteiger partial charge in [0, 0.05) is 21.4 Å². The predicted molar refractivity (Wildman–Crippen MR) is 143 cm³/mol. The number of hydrogen-bond acceptors (Lipinski definition) is 8. The molecule has 0 radical (unpaired) electrons. The van der Waals surface area contributed by atoms with Crippen LogP contribution < -0.4 is 14.2 Å². The van der Waals surface area contributed by atoms with Gasteiger partial charge in [0.1, 0.15) is 16.5 Å². The highest BCUT2D eigenvalue weighted by molar-refractivity contribution is 14.1. The number of nitrogens with zero attached hydrogens (tertiary/aromatic N) is 2. The molecule has 184 valence electrons. The number of nitrogens with one attached hydrogen (secondary N) is 1. The molecule has 3 rings (SSSR count). The maximum atomic E-state index is 12.7. The van der Waals surface area contributed by atoms with Gasteiger partial charge >= 0.3 is 10.1 Å². The van der Waals surface area contributed by atoms with E-state index in [1.807, 2.05) is 12.1 Å². The summed E-state index contributed by atoms with van der Waals surface area (Å²) >= 11 is 5.33. The fraction of sp³-hybridized carbons (Fsp3) is 0.0435. The van der Waals surface area contributed by atoms with Crippen molar-refractivity contribution in [1.29, 1.82) is 5.26 Å². The van der Waals surface area contributed by atoms with Crippen molar-refractivity contribution in [1.82, 2.24) is 0 Å². The second-order valence-corrected chi connectivity index (χ2v) is 10.6. The molecule has 0 saturated carbocycles. The minimum atomic E-state index is -4.37. The number of hydrogen-bond donors (Lipinski definition) is 1. The van der Waals surface area contributed by atoms with E-state index in [-0.39, 0.29) is 32.1 Å². The summed E-state index contributed by atoms with van der Waals surface area (Å²) in [6.45, 7) is 0. The number of ether oxygens (including phenoxy) is 1. The summed E-state index contributed by atoms with van der Waals surface area (Å²) in [5.74, 6) is -0.818. The zero-order valence-corrected chi connectivity index (χ0v) is 22.8. The Bertz CT molecular complexity index is 1520. The van der Waals surface area contributed by atoms with Crippen LogP contribution in [0, 0.1) is 25.0 Å². The lowest BCUT2D eigenvalue weighted by Gasteiger charge is -2.13. The van der Waals surface area contributed by atoms with Gasteiger partial charge in [-0.15, -0.1) is 0 Å². The van der Waals surface area contributed by atoms with Crippen LogP contribution in [-0.2, 0) is 14.9 Å². The molecule has 0 aliphatic heterocycles. The first kappa shape index (κ1) is 27.1. The number of nitro groups is 1. The van der Waals surface area contributed by atoms with Crippen LogP contribution in [0.1, 0.15) is 5.56 Å². The Morgan fingerprint density at radius 3 is 2.47 bits per heavy atom. The molecule has 0 bridgehead atoms. The monoisotopic (exact) mass is 683 g/mol. The normalized spacial score (nSPS) is 11.3. The summed E-state index contributed by atoms with van der Waals surface area (Å²) in [6, 6.07) is 15.9. The van der Waals surface area contributed by atoms with Crippen LogP contribution in [0.3, 0.4) is 0 Å². The maximum Gasteiger partial charge on any atom is 0.339 e. The number of nitriles is 1. The number of amides is 1. The summed E-state index contributed by atoms with van der Waals surface area (Å²) < 4.78 is 37.0. The zero-order valence-electron chi connectivity index (χ0n) is 18.3. The zero-order chi connectivity index (χ0) is 26.5. The molecule has 10 nitrogen and oxygen atoms in total. The molecule has 0 aliphatic carbocycles. The van der Waals surface area contributed by atoms with E-state index in [4.69, 9.17) is 8.92 Å². The van der Waals surface area contributed by atoms with E-state index < -0.39 is 20.9 Å². The standard InChI is InChI=1S/C23H15BrIN3O7S/c1-34-21-11-14(9-15(13-26)23(29)27-17-4-2-3-16(25)12-17)10-20(24)22(21)35-36(32,33)19-7-5-18(6-8-19)28(30)31/h2-12H,1H3,(H,27,29)/b15-9+. The van der Waals surface area contributed by atoms with Gasteiger partial charge in [-0.1, -0.05) is 6.07 Å². The summed E-state index contributed by atoms with van der Waals surface area (Å²) in [7, 11) is -3.08. The number of anilines is 1. The van der Waals surface area contributed by atoms with Gasteiger partial charge in [0.25, 0.3) is 11.6 Å². The van der Waals surface area contributed by atoms with Crippen molar-refractivity contribution in [2.24, 2.45) is 0 Å². The first-order valence-electron chi connectivity index (χ1n) is 9.79. The smallest absolute Gasteiger partial charge is 0.339 e. The van der Waals surface area contributed by atoms with Crippen molar-refractivity contribution >= 4 is 72.0 Å². The van der Waals surface area contributed by atoms with E-state index in [1.165, 1.54) is 25.3 Å². The molecule has 0 spiro atoms. The molecule has 0 atom stereocenters. The summed E-state index contributed by atoms with van der Waals surface area (Å²) in [4.78, 5) is 22.4. The highest BCUT2D eigenvalue weighted by Crippen LogP contribution is 2.39. The van der Waals surface area contributed by atoms with Crippen LogP contribution in [0.5, 0.6) is 11.5 Å². The molecular weight excluding hydrogens is 669 g/mol. The number of rotatable bonds is 8. The van der Waals surface area contributed by atoms with Crippen molar-refractivity contribution in [3.05, 3.63) is 90.0 Å². The molecule has 0 unspecified atom stereocenters. The number of benzene rings is 3. The lowest BCUT2D eigenvalue weighted by molar-refractivity contribution is -0.384. The molecule has 13 heteroatoms. The van der Waals surface area contributed by atoms with E-state index in [2.05, 4.69) is 43.8 Å². The SMILES string of the molecule is COc1cc(/C=C(\C#N)C(=O)Nc2cccc(I)c2)cc(Br)c1OS(=O)(=O)c1ccc([N+](=O)[O-])cc1. The van der Waals surface area contributed by atoms with Gasteiger partial charge in [-0.3, -0.25) is 14.9 Å². The Labute approximate surface area is 228 Å². The second kappa shape index (κ2) is 11.5. The maximum absolute atomic E-state index is 12.7. The fourth-order valence-electron chi connectivity index (χ4n) is 2.88. The van der Waals surface area contributed by atoms with E-state index in [9.17, 15) is 28.6 Å². The van der Waals surface area contributed by atoms with Gasteiger partial charge in [0.05, 0.1) is 16.5 Å².